The van der Waals surface area contributed by atoms with E-state index in [1.165, 1.54) is 0 Å². The van der Waals surface area contributed by atoms with Gasteiger partial charge in [-0.3, -0.25) is 14.4 Å². The second-order valence-electron chi connectivity index (χ2n) is 7.81. The molecule has 2 saturated heterocycles. The second-order valence-corrected chi connectivity index (χ2v) is 7.81. The van der Waals surface area contributed by atoms with Gasteiger partial charge < -0.3 is 9.64 Å². The van der Waals surface area contributed by atoms with Crippen LogP contribution in [0.3, 0.4) is 0 Å². The molecule has 2 aliphatic heterocycles. The molecule has 29 heavy (non-hydrogen) atoms. The molecule has 1 aromatic heterocycles. The third-order valence-electron chi connectivity index (χ3n) is 5.64. The Bertz CT molecular complexity index is 836. The Morgan fingerprint density at radius 1 is 1.24 bits per heavy atom. The van der Waals surface area contributed by atoms with Gasteiger partial charge in [-0.15, -0.1) is 0 Å². The maximum Gasteiger partial charge on any atom is 0.274 e. The number of carbonyl (C=O) groups excluding carboxylic acids is 1. The lowest BCUT2D eigenvalue weighted by molar-refractivity contribution is -0.0163. The van der Waals surface area contributed by atoms with Gasteiger partial charge in [0.2, 0.25) is 0 Å². The number of carbonyl (C=O) groups is 1. The lowest BCUT2D eigenvalue weighted by Crippen LogP contribution is -2.62. The fraction of sp³-hybridized carbons (Fsp3) is 0.524. The van der Waals surface area contributed by atoms with Crippen LogP contribution in [-0.4, -0.2) is 69.7 Å². The fourth-order valence-electron chi connectivity index (χ4n) is 4.04. The standard InChI is InChI=1S/C21H26F2N4O2/c1-2-26-9-8-19(24-26)20(28)25-11-18(12-25)27-15-21(22,23)10-17(27)14-29-13-16-6-4-3-5-7-16/h3-9,17-18H,2,10-15H2,1H3/t17-/m0/s1. The van der Waals surface area contributed by atoms with Crippen molar-refractivity contribution < 1.29 is 18.3 Å². The predicted octanol–water partition coefficient (Wildman–Crippen LogP) is 2.65. The zero-order valence-corrected chi connectivity index (χ0v) is 16.5. The highest BCUT2D eigenvalue weighted by molar-refractivity contribution is 5.92. The van der Waals surface area contributed by atoms with Gasteiger partial charge in [-0.25, -0.2) is 8.78 Å². The van der Waals surface area contributed by atoms with E-state index in [4.69, 9.17) is 4.74 Å². The highest BCUT2D eigenvalue weighted by Crippen LogP contribution is 2.35. The molecule has 0 spiro atoms. The maximum atomic E-state index is 14.1. The number of alkyl halides is 2. The van der Waals surface area contributed by atoms with Crippen LogP contribution in [0.5, 0.6) is 0 Å². The van der Waals surface area contributed by atoms with Crippen molar-refractivity contribution in [1.82, 2.24) is 19.6 Å². The predicted molar refractivity (Wildman–Crippen MR) is 104 cm³/mol. The molecule has 8 heteroatoms. The molecule has 2 aromatic rings. The molecule has 1 amide bonds. The minimum Gasteiger partial charge on any atom is -0.375 e. The Labute approximate surface area is 169 Å². The van der Waals surface area contributed by atoms with Gasteiger partial charge in [0.1, 0.15) is 5.69 Å². The summed E-state index contributed by atoms with van der Waals surface area (Å²) < 4.78 is 35.6. The van der Waals surface area contributed by atoms with Crippen LogP contribution in [-0.2, 0) is 17.9 Å². The normalized spacial score (nSPS) is 22.0. The average molecular weight is 404 g/mol. The van der Waals surface area contributed by atoms with Crippen molar-refractivity contribution in [3.05, 3.63) is 53.9 Å². The molecule has 4 rings (SSSR count). The summed E-state index contributed by atoms with van der Waals surface area (Å²) in [5, 5.41) is 4.23. The molecule has 2 aliphatic rings. The molecule has 0 bridgehead atoms. The molecular formula is C21H26F2N4O2. The molecule has 3 heterocycles. The maximum absolute atomic E-state index is 14.1. The Kier molecular flexibility index (Phi) is 5.65. The molecule has 1 atom stereocenters. The minimum absolute atomic E-state index is 0.0640. The SMILES string of the molecule is CCn1ccc(C(=O)N2CC(N3CC(F)(F)C[C@H]3COCc3ccccc3)C2)n1. The molecule has 0 aliphatic carbocycles. The van der Waals surface area contributed by atoms with Crippen molar-refractivity contribution in [3.63, 3.8) is 0 Å². The molecule has 6 nitrogen and oxygen atoms in total. The average Bonchev–Trinajstić information content (AvgIpc) is 3.26. The van der Waals surface area contributed by atoms with Crippen molar-refractivity contribution in [1.29, 1.82) is 0 Å². The van der Waals surface area contributed by atoms with Crippen LogP contribution >= 0.6 is 0 Å². The van der Waals surface area contributed by atoms with Crippen molar-refractivity contribution >= 4 is 5.91 Å². The summed E-state index contributed by atoms with van der Waals surface area (Å²) in [5.74, 6) is -2.86. The van der Waals surface area contributed by atoms with E-state index in [1.807, 2.05) is 42.2 Å². The molecule has 0 radical (unpaired) electrons. The number of amides is 1. The number of nitrogens with zero attached hydrogens (tertiary/aromatic N) is 4. The molecule has 0 saturated carbocycles. The lowest BCUT2D eigenvalue weighted by atomic mass is 10.1. The van der Waals surface area contributed by atoms with Crippen LogP contribution in [0.1, 0.15) is 29.4 Å². The van der Waals surface area contributed by atoms with Crippen molar-refractivity contribution in [2.45, 2.75) is 44.5 Å². The van der Waals surface area contributed by atoms with E-state index in [1.54, 1.807) is 21.8 Å². The van der Waals surface area contributed by atoms with Crippen LogP contribution in [0.4, 0.5) is 8.78 Å². The number of benzene rings is 1. The van der Waals surface area contributed by atoms with E-state index in [2.05, 4.69) is 5.10 Å². The Hall–Kier alpha value is -2.32. The highest BCUT2D eigenvalue weighted by Gasteiger charge is 2.50. The lowest BCUT2D eigenvalue weighted by Gasteiger charge is -2.45. The topological polar surface area (TPSA) is 50.6 Å². The number of halogens is 2. The second kappa shape index (κ2) is 8.20. The number of rotatable bonds is 7. The summed E-state index contributed by atoms with van der Waals surface area (Å²) in [6.07, 6.45) is 1.57. The monoisotopic (exact) mass is 404 g/mol. The number of hydrogen-bond acceptors (Lipinski definition) is 4. The Morgan fingerprint density at radius 2 is 2.00 bits per heavy atom. The number of hydrogen-bond donors (Lipinski definition) is 0. The first-order chi connectivity index (χ1) is 13.9. The molecule has 156 valence electrons. The van der Waals surface area contributed by atoms with Gasteiger partial charge in [-0.05, 0) is 18.6 Å². The summed E-state index contributed by atoms with van der Waals surface area (Å²) in [7, 11) is 0. The van der Waals surface area contributed by atoms with Crippen LogP contribution in [0.25, 0.3) is 0 Å². The van der Waals surface area contributed by atoms with Gasteiger partial charge in [0, 0.05) is 44.3 Å². The van der Waals surface area contributed by atoms with Gasteiger partial charge in [0.15, 0.2) is 0 Å². The summed E-state index contributed by atoms with van der Waals surface area (Å²) >= 11 is 0. The number of aromatic nitrogens is 2. The summed E-state index contributed by atoms with van der Waals surface area (Å²) in [6, 6.07) is 11.0. The molecule has 0 N–H and O–H groups in total. The molecule has 0 unspecified atom stereocenters. The number of ether oxygens (including phenoxy) is 1. The van der Waals surface area contributed by atoms with Crippen LogP contribution in [0.2, 0.25) is 0 Å². The Balaban J connectivity index is 1.31. The van der Waals surface area contributed by atoms with E-state index in [0.717, 1.165) is 5.56 Å². The van der Waals surface area contributed by atoms with Gasteiger partial charge in [-0.1, -0.05) is 30.3 Å². The first-order valence-electron chi connectivity index (χ1n) is 10.0. The van der Waals surface area contributed by atoms with Gasteiger partial charge in [0.25, 0.3) is 11.8 Å². The first-order valence-corrected chi connectivity index (χ1v) is 10.0. The van der Waals surface area contributed by atoms with Crippen LogP contribution in [0, 0.1) is 0 Å². The van der Waals surface area contributed by atoms with Crippen molar-refractivity contribution in [2.24, 2.45) is 0 Å². The van der Waals surface area contributed by atoms with Crippen LogP contribution < -0.4 is 0 Å². The third-order valence-corrected chi connectivity index (χ3v) is 5.64. The number of aryl methyl sites for hydroxylation is 1. The molecule has 1 aromatic carbocycles. The number of likely N-dealkylation sites (tertiary alicyclic amines) is 2. The van der Waals surface area contributed by atoms with Crippen molar-refractivity contribution in [3.8, 4) is 0 Å². The zero-order chi connectivity index (χ0) is 20.4. The van der Waals surface area contributed by atoms with E-state index >= 15 is 0 Å². The van der Waals surface area contributed by atoms with Gasteiger partial charge >= 0.3 is 0 Å². The zero-order valence-electron chi connectivity index (χ0n) is 16.5. The quantitative estimate of drug-likeness (QED) is 0.712. The highest BCUT2D eigenvalue weighted by atomic mass is 19.3. The van der Waals surface area contributed by atoms with Crippen LogP contribution in [0.15, 0.2) is 42.6 Å². The van der Waals surface area contributed by atoms with Crippen molar-refractivity contribution in [2.75, 3.05) is 26.2 Å². The van der Waals surface area contributed by atoms with E-state index in [0.29, 0.717) is 31.9 Å². The molecule has 2 fully saturated rings. The van der Waals surface area contributed by atoms with Gasteiger partial charge in [-0.2, -0.15) is 5.10 Å². The van der Waals surface area contributed by atoms with E-state index in [9.17, 15) is 13.6 Å². The summed E-state index contributed by atoms with van der Waals surface area (Å²) in [4.78, 5) is 16.0. The fourth-order valence-corrected chi connectivity index (χ4v) is 4.04. The smallest absolute Gasteiger partial charge is 0.274 e. The summed E-state index contributed by atoms with van der Waals surface area (Å²) in [5.41, 5.74) is 1.43. The minimum atomic E-state index is -2.72. The molecular weight excluding hydrogens is 378 g/mol. The largest absolute Gasteiger partial charge is 0.375 e. The summed E-state index contributed by atoms with van der Waals surface area (Å²) in [6.45, 7) is 3.94. The van der Waals surface area contributed by atoms with E-state index in [-0.39, 0.29) is 37.6 Å². The third kappa shape index (κ3) is 4.48. The Morgan fingerprint density at radius 3 is 2.69 bits per heavy atom. The first kappa shape index (κ1) is 20.0. The van der Waals surface area contributed by atoms with E-state index < -0.39 is 5.92 Å². The van der Waals surface area contributed by atoms with Gasteiger partial charge in [0.05, 0.1) is 19.8 Å².